The second-order valence-corrected chi connectivity index (χ2v) is 5.66. The molecule has 0 amide bonds. The number of aryl methyl sites for hydroxylation is 1. The molecule has 2 heterocycles. The summed E-state index contributed by atoms with van der Waals surface area (Å²) >= 11 is 0. The van der Waals surface area contributed by atoms with Crippen molar-refractivity contribution in [1.82, 2.24) is 19.3 Å². The number of ketones is 1. The van der Waals surface area contributed by atoms with Crippen LogP contribution in [0.1, 0.15) is 33.1 Å². The van der Waals surface area contributed by atoms with Crippen molar-refractivity contribution in [2.45, 2.75) is 26.9 Å². The number of carbonyl (C=O) groups excluding carboxylic acids is 1. The van der Waals surface area contributed by atoms with E-state index in [0.29, 0.717) is 5.56 Å². The van der Waals surface area contributed by atoms with Crippen LogP contribution in [0.5, 0.6) is 0 Å². The maximum absolute atomic E-state index is 12.6. The first-order valence-electron chi connectivity index (χ1n) is 7.62. The van der Waals surface area contributed by atoms with E-state index in [1.54, 1.807) is 0 Å². The smallest absolute Gasteiger partial charge is 0.252 e. The molecule has 0 aliphatic heterocycles. The predicted octanol–water partition coefficient (Wildman–Crippen LogP) is 2.50. The zero-order valence-corrected chi connectivity index (χ0v) is 13.6. The van der Waals surface area contributed by atoms with E-state index < -0.39 is 0 Å². The highest BCUT2D eigenvalue weighted by molar-refractivity contribution is 5.97. The Morgan fingerprint density at radius 1 is 1.25 bits per heavy atom. The van der Waals surface area contributed by atoms with Crippen molar-refractivity contribution in [2.24, 2.45) is 0 Å². The number of nitrogens with zero attached hydrogens (tertiary/aromatic N) is 5. The van der Waals surface area contributed by atoms with Crippen LogP contribution in [0.15, 0.2) is 42.7 Å². The van der Waals surface area contributed by atoms with Crippen LogP contribution in [0.2, 0.25) is 0 Å². The van der Waals surface area contributed by atoms with Gasteiger partial charge in [-0.25, -0.2) is 9.67 Å². The Kier molecular flexibility index (Phi) is 4.25. The number of carbonyl (C=O) groups is 1. The van der Waals surface area contributed by atoms with Crippen LogP contribution in [0, 0.1) is 25.2 Å². The number of hydrogen-bond acceptors (Lipinski definition) is 4. The van der Waals surface area contributed by atoms with E-state index in [1.165, 1.54) is 16.6 Å². The lowest BCUT2D eigenvalue weighted by molar-refractivity contribution is 0.0967. The van der Waals surface area contributed by atoms with Crippen LogP contribution in [0.25, 0.3) is 0 Å². The van der Waals surface area contributed by atoms with Gasteiger partial charge in [0.25, 0.3) is 5.82 Å². The first-order chi connectivity index (χ1) is 11.6. The summed E-state index contributed by atoms with van der Waals surface area (Å²) in [6.45, 7) is 4.75. The van der Waals surface area contributed by atoms with Crippen molar-refractivity contribution >= 4 is 5.78 Å². The third-order valence-electron chi connectivity index (χ3n) is 4.00. The Morgan fingerprint density at radius 3 is 2.67 bits per heavy atom. The van der Waals surface area contributed by atoms with Gasteiger partial charge in [0.05, 0.1) is 0 Å². The number of nitriles is 1. The number of benzene rings is 1. The summed E-state index contributed by atoms with van der Waals surface area (Å²) < 4.78 is 3.52. The van der Waals surface area contributed by atoms with E-state index in [0.717, 1.165) is 17.9 Å². The first kappa shape index (κ1) is 15.7. The molecule has 6 nitrogen and oxygen atoms in total. The van der Waals surface area contributed by atoms with Gasteiger partial charge in [-0.3, -0.25) is 4.79 Å². The van der Waals surface area contributed by atoms with E-state index in [4.69, 9.17) is 5.26 Å². The molecule has 1 aromatic carbocycles. The molecule has 0 aliphatic rings. The molecule has 0 fully saturated rings. The van der Waals surface area contributed by atoms with Gasteiger partial charge in [-0.1, -0.05) is 30.3 Å². The van der Waals surface area contributed by atoms with Crippen molar-refractivity contribution < 1.29 is 4.79 Å². The molecule has 0 saturated heterocycles. The molecule has 0 saturated carbocycles. The van der Waals surface area contributed by atoms with Crippen LogP contribution in [0.4, 0.5) is 0 Å². The summed E-state index contributed by atoms with van der Waals surface area (Å²) in [5.74, 6) is 0.0224. The molecule has 3 aromatic rings. The molecule has 0 radical (unpaired) electrons. The largest absolute Gasteiger partial charge is 0.344 e. The Balaban J connectivity index is 1.82. The summed E-state index contributed by atoms with van der Waals surface area (Å²) in [6.07, 6.45) is 1.40. The minimum Gasteiger partial charge on any atom is -0.344 e. The third kappa shape index (κ3) is 3.10. The first-order valence-corrected chi connectivity index (χ1v) is 7.62. The van der Waals surface area contributed by atoms with Crippen LogP contribution in [0.3, 0.4) is 0 Å². The van der Waals surface area contributed by atoms with Crippen molar-refractivity contribution in [2.75, 3.05) is 0 Å². The van der Waals surface area contributed by atoms with Crippen LogP contribution < -0.4 is 0 Å². The van der Waals surface area contributed by atoms with E-state index in [2.05, 4.69) is 26.8 Å². The van der Waals surface area contributed by atoms with E-state index in [1.807, 2.05) is 44.2 Å². The van der Waals surface area contributed by atoms with E-state index in [9.17, 15) is 4.79 Å². The lowest BCUT2D eigenvalue weighted by atomic mass is 10.1. The predicted molar refractivity (Wildman–Crippen MR) is 88.5 cm³/mol. The highest BCUT2D eigenvalue weighted by Gasteiger charge is 2.17. The molecule has 3 rings (SSSR count). The summed E-state index contributed by atoms with van der Waals surface area (Å²) in [4.78, 5) is 16.4. The second kappa shape index (κ2) is 6.50. The SMILES string of the molecule is Cc1cc(C(=O)Cn2cnc(C#N)n2)c(C)n1Cc1ccccc1. The molecule has 0 unspecified atom stereocenters. The Morgan fingerprint density at radius 2 is 2.00 bits per heavy atom. The third-order valence-corrected chi connectivity index (χ3v) is 4.00. The molecule has 0 bridgehead atoms. The molecule has 2 aromatic heterocycles. The minimum atomic E-state index is -0.0446. The maximum atomic E-state index is 12.6. The van der Waals surface area contributed by atoms with Crippen LogP contribution in [-0.2, 0) is 13.1 Å². The fraction of sp³-hybridized carbons (Fsp3) is 0.222. The van der Waals surface area contributed by atoms with E-state index >= 15 is 0 Å². The van der Waals surface area contributed by atoms with Gasteiger partial charge in [-0.15, -0.1) is 5.10 Å². The summed E-state index contributed by atoms with van der Waals surface area (Å²) in [5.41, 5.74) is 3.84. The minimum absolute atomic E-state index is 0.0446. The number of hydrogen-bond donors (Lipinski definition) is 0. The lowest BCUT2D eigenvalue weighted by Crippen LogP contribution is -2.12. The normalized spacial score (nSPS) is 10.5. The molecule has 24 heavy (non-hydrogen) atoms. The molecular formula is C18H17N5O. The quantitative estimate of drug-likeness (QED) is 0.677. The zero-order valence-electron chi connectivity index (χ0n) is 13.6. The zero-order chi connectivity index (χ0) is 17.1. The average molecular weight is 319 g/mol. The topological polar surface area (TPSA) is 76.5 Å². The van der Waals surface area contributed by atoms with Gasteiger partial charge in [0.15, 0.2) is 5.78 Å². The highest BCUT2D eigenvalue weighted by Crippen LogP contribution is 2.18. The van der Waals surface area contributed by atoms with Gasteiger partial charge in [0.2, 0.25) is 0 Å². The second-order valence-electron chi connectivity index (χ2n) is 5.66. The molecule has 0 N–H and O–H groups in total. The maximum Gasteiger partial charge on any atom is 0.252 e. The van der Waals surface area contributed by atoms with Gasteiger partial charge in [-0.05, 0) is 25.5 Å². The molecule has 0 spiro atoms. The van der Waals surface area contributed by atoms with E-state index in [-0.39, 0.29) is 18.2 Å². The van der Waals surface area contributed by atoms with Crippen molar-refractivity contribution in [1.29, 1.82) is 5.26 Å². The van der Waals surface area contributed by atoms with Crippen LogP contribution >= 0.6 is 0 Å². The summed E-state index contributed by atoms with van der Waals surface area (Å²) in [6, 6.07) is 13.9. The van der Waals surface area contributed by atoms with Crippen LogP contribution in [-0.4, -0.2) is 25.1 Å². The molecule has 0 aliphatic carbocycles. The number of Topliss-reactive ketones (excluding diaryl/α,β-unsaturated/α-hetero) is 1. The summed E-state index contributed by atoms with van der Waals surface area (Å²) in [5, 5.41) is 12.7. The Hall–Kier alpha value is -3.20. The molecular weight excluding hydrogens is 302 g/mol. The van der Waals surface area contributed by atoms with Gasteiger partial charge < -0.3 is 4.57 Å². The number of rotatable bonds is 5. The van der Waals surface area contributed by atoms with Gasteiger partial charge in [0.1, 0.15) is 18.9 Å². The van der Waals surface area contributed by atoms with Crippen molar-refractivity contribution in [3.8, 4) is 6.07 Å². The van der Waals surface area contributed by atoms with Gasteiger partial charge in [-0.2, -0.15) is 5.26 Å². The highest BCUT2D eigenvalue weighted by atomic mass is 16.1. The van der Waals surface area contributed by atoms with Gasteiger partial charge >= 0.3 is 0 Å². The fourth-order valence-corrected chi connectivity index (χ4v) is 2.75. The summed E-state index contributed by atoms with van der Waals surface area (Å²) in [7, 11) is 0. The average Bonchev–Trinajstić information content (AvgIpc) is 3.15. The molecule has 6 heteroatoms. The fourth-order valence-electron chi connectivity index (χ4n) is 2.75. The lowest BCUT2D eigenvalue weighted by Gasteiger charge is -2.10. The van der Waals surface area contributed by atoms with Crippen molar-refractivity contribution in [3.05, 3.63) is 71.1 Å². The molecule has 120 valence electrons. The monoisotopic (exact) mass is 319 g/mol. The standard InChI is InChI=1S/C18H17N5O/c1-13-8-16(17(24)11-22-12-20-18(9-19)21-22)14(2)23(13)10-15-6-4-3-5-7-15/h3-8,12H,10-11H2,1-2H3. The Bertz CT molecular complexity index is 915. The molecule has 0 atom stereocenters. The number of aromatic nitrogens is 4. The Labute approximate surface area is 140 Å². The van der Waals surface area contributed by atoms with Gasteiger partial charge in [0, 0.05) is 23.5 Å². The van der Waals surface area contributed by atoms with Crippen molar-refractivity contribution in [3.63, 3.8) is 0 Å².